The minimum absolute atomic E-state index is 0.165. The summed E-state index contributed by atoms with van der Waals surface area (Å²) in [5.41, 5.74) is 1.89. The van der Waals surface area contributed by atoms with Crippen molar-refractivity contribution in [3.8, 4) is 0 Å². The maximum Gasteiger partial charge on any atom is 0.0760 e. The molecular weight excluding hydrogens is 196 g/mol. The lowest BCUT2D eigenvalue weighted by Crippen LogP contribution is -2.67. The number of aliphatic hydroxyl groups excluding tert-OH is 1. The van der Waals surface area contributed by atoms with Gasteiger partial charge in [0.1, 0.15) is 0 Å². The van der Waals surface area contributed by atoms with E-state index in [1.54, 1.807) is 0 Å². The van der Waals surface area contributed by atoms with Crippen LogP contribution in [0.4, 0.5) is 0 Å². The molecular formula is C15H24O. The Hall–Kier alpha value is -0.300. The van der Waals surface area contributed by atoms with E-state index in [4.69, 9.17) is 0 Å². The standard InChI is InChI=1S/C15H24O/c1-8(2)10-5-6-15(4)13-9(3)7-11(16)14(15)12(10)13/h7-8,10-14,16H,5-6H2,1-4H3/t10?,11?,12?,13-,14?,15?/m0/s1. The summed E-state index contributed by atoms with van der Waals surface area (Å²) in [7, 11) is 0. The summed E-state index contributed by atoms with van der Waals surface area (Å²) in [4.78, 5) is 0. The fourth-order valence-corrected chi connectivity index (χ4v) is 5.38. The Morgan fingerprint density at radius 1 is 1.44 bits per heavy atom. The fraction of sp³-hybridized carbons (Fsp3) is 0.867. The van der Waals surface area contributed by atoms with Gasteiger partial charge < -0.3 is 5.11 Å². The van der Waals surface area contributed by atoms with Crippen molar-refractivity contribution in [1.29, 1.82) is 0 Å². The molecule has 4 aliphatic carbocycles. The number of allylic oxidation sites excluding steroid dienone is 1. The smallest absolute Gasteiger partial charge is 0.0760 e. The lowest BCUT2D eigenvalue weighted by atomic mass is 9.34. The van der Waals surface area contributed by atoms with E-state index in [9.17, 15) is 5.11 Å². The average molecular weight is 220 g/mol. The predicted octanol–water partition coefficient (Wildman–Crippen LogP) is 3.24. The van der Waals surface area contributed by atoms with E-state index in [2.05, 4.69) is 33.8 Å². The number of hydrogen-bond acceptors (Lipinski definition) is 1. The van der Waals surface area contributed by atoms with Crippen molar-refractivity contribution in [2.24, 2.45) is 35.0 Å². The summed E-state index contributed by atoms with van der Waals surface area (Å²) < 4.78 is 0. The molecule has 1 nitrogen and oxygen atoms in total. The molecule has 0 aromatic rings. The van der Waals surface area contributed by atoms with Crippen LogP contribution in [0.3, 0.4) is 0 Å². The van der Waals surface area contributed by atoms with Gasteiger partial charge >= 0.3 is 0 Å². The highest BCUT2D eigenvalue weighted by atomic mass is 16.3. The van der Waals surface area contributed by atoms with Gasteiger partial charge in [-0.3, -0.25) is 0 Å². The van der Waals surface area contributed by atoms with Gasteiger partial charge in [-0.05, 0) is 54.8 Å². The van der Waals surface area contributed by atoms with Crippen LogP contribution in [0, 0.1) is 35.0 Å². The minimum Gasteiger partial charge on any atom is -0.389 e. The van der Waals surface area contributed by atoms with Gasteiger partial charge in [0, 0.05) is 0 Å². The summed E-state index contributed by atoms with van der Waals surface area (Å²) in [6.45, 7) is 9.35. The summed E-state index contributed by atoms with van der Waals surface area (Å²) in [5, 5.41) is 10.3. The Morgan fingerprint density at radius 2 is 2.12 bits per heavy atom. The van der Waals surface area contributed by atoms with Crippen LogP contribution in [0.25, 0.3) is 0 Å². The number of rotatable bonds is 1. The van der Waals surface area contributed by atoms with E-state index < -0.39 is 0 Å². The summed E-state index contributed by atoms with van der Waals surface area (Å²) in [6.07, 6.45) is 4.66. The van der Waals surface area contributed by atoms with Crippen molar-refractivity contribution >= 4 is 0 Å². The van der Waals surface area contributed by atoms with E-state index in [0.717, 1.165) is 23.7 Å². The molecule has 0 heterocycles. The van der Waals surface area contributed by atoms with Crippen molar-refractivity contribution in [3.05, 3.63) is 11.6 Å². The van der Waals surface area contributed by atoms with Gasteiger partial charge in [-0.1, -0.05) is 32.4 Å². The van der Waals surface area contributed by atoms with Crippen LogP contribution in [-0.4, -0.2) is 11.2 Å². The highest BCUT2D eigenvalue weighted by molar-refractivity contribution is 5.31. The molecule has 0 radical (unpaired) electrons. The lowest BCUT2D eigenvalue weighted by molar-refractivity contribution is -0.215. The molecule has 16 heavy (non-hydrogen) atoms. The van der Waals surface area contributed by atoms with Crippen LogP contribution >= 0.6 is 0 Å². The molecule has 4 rings (SSSR count). The first kappa shape index (κ1) is 10.8. The second kappa shape index (κ2) is 3.13. The molecule has 6 atom stereocenters. The van der Waals surface area contributed by atoms with E-state index >= 15 is 0 Å². The zero-order chi connectivity index (χ0) is 11.7. The normalized spacial score (nSPS) is 54.6. The quantitative estimate of drug-likeness (QED) is 0.673. The maximum atomic E-state index is 10.3. The topological polar surface area (TPSA) is 20.2 Å². The predicted molar refractivity (Wildman–Crippen MR) is 65.9 cm³/mol. The second-order valence-electron chi connectivity index (χ2n) is 6.93. The Labute approximate surface area is 98.9 Å². The molecule has 0 spiro atoms. The van der Waals surface area contributed by atoms with Crippen molar-refractivity contribution in [3.63, 3.8) is 0 Å². The fourth-order valence-electron chi connectivity index (χ4n) is 5.38. The first-order valence-corrected chi connectivity index (χ1v) is 6.83. The lowest BCUT2D eigenvalue weighted by Gasteiger charge is -2.71. The van der Waals surface area contributed by atoms with E-state index in [0.29, 0.717) is 11.3 Å². The van der Waals surface area contributed by atoms with Gasteiger partial charge in [0.05, 0.1) is 6.10 Å². The van der Waals surface area contributed by atoms with Crippen LogP contribution in [0.2, 0.25) is 0 Å². The molecule has 0 aromatic carbocycles. The van der Waals surface area contributed by atoms with Crippen LogP contribution in [0.1, 0.15) is 40.5 Å². The van der Waals surface area contributed by atoms with Gasteiger partial charge in [0.15, 0.2) is 0 Å². The zero-order valence-corrected chi connectivity index (χ0v) is 10.9. The van der Waals surface area contributed by atoms with E-state index in [-0.39, 0.29) is 6.10 Å². The number of fused-ring (bicyclic) bond motifs is 1. The van der Waals surface area contributed by atoms with E-state index in [1.807, 2.05) is 0 Å². The molecule has 4 bridgehead atoms. The first-order valence-electron chi connectivity index (χ1n) is 6.83. The zero-order valence-electron chi connectivity index (χ0n) is 10.9. The average Bonchev–Trinajstić information content (AvgIpc) is 2.15. The first-order chi connectivity index (χ1) is 7.47. The van der Waals surface area contributed by atoms with Gasteiger partial charge in [0.2, 0.25) is 0 Å². The van der Waals surface area contributed by atoms with Crippen molar-refractivity contribution in [1.82, 2.24) is 0 Å². The SMILES string of the molecule is CC1=CC(O)C2C3C(C(C)C)CCC2(C)[C@@H]13. The largest absolute Gasteiger partial charge is 0.389 e. The van der Waals surface area contributed by atoms with Gasteiger partial charge in [-0.25, -0.2) is 0 Å². The van der Waals surface area contributed by atoms with Crippen LogP contribution in [0.5, 0.6) is 0 Å². The Bertz CT molecular complexity index is 343. The third kappa shape index (κ3) is 1.06. The molecule has 1 N–H and O–H groups in total. The second-order valence-corrected chi connectivity index (χ2v) is 6.93. The molecule has 1 heteroatoms. The molecule has 5 unspecified atom stereocenters. The molecule has 2 fully saturated rings. The van der Waals surface area contributed by atoms with Gasteiger partial charge in [-0.15, -0.1) is 0 Å². The van der Waals surface area contributed by atoms with Crippen molar-refractivity contribution < 1.29 is 5.11 Å². The number of hydrogen-bond donors (Lipinski definition) is 1. The monoisotopic (exact) mass is 220 g/mol. The van der Waals surface area contributed by atoms with E-state index in [1.165, 1.54) is 18.4 Å². The van der Waals surface area contributed by atoms with Gasteiger partial charge in [-0.2, -0.15) is 0 Å². The molecule has 90 valence electrons. The van der Waals surface area contributed by atoms with Crippen LogP contribution in [0.15, 0.2) is 11.6 Å². The minimum atomic E-state index is -0.165. The summed E-state index contributed by atoms with van der Waals surface area (Å²) >= 11 is 0. The molecule has 0 saturated heterocycles. The Kier molecular flexibility index (Phi) is 2.12. The summed E-state index contributed by atoms with van der Waals surface area (Å²) in [5.74, 6) is 3.73. The maximum absolute atomic E-state index is 10.3. The molecule has 4 aliphatic rings. The number of aliphatic hydroxyl groups is 1. The molecule has 0 amide bonds. The Morgan fingerprint density at radius 3 is 2.69 bits per heavy atom. The van der Waals surface area contributed by atoms with Crippen molar-refractivity contribution in [2.75, 3.05) is 0 Å². The highest BCUT2D eigenvalue weighted by Gasteiger charge is 2.67. The molecule has 0 aliphatic heterocycles. The van der Waals surface area contributed by atoms with Crippen LogP contribution < -0.4 is 0 Å². The molecule has 2 saturated carbocycles. The summed E-state index contributed by atoms with van der Waals surface area (Å²) in [6, 6.07) is 0. The van der Waals surface area contributed by atoms with Crippen molar-refractivity contribution in [2.45, 2.75) is 46.6 Å². The molecule has 0 aromatic heterocycles. The van der Waals surface area contributed by atoms with Crippen LogP contribution in [-0.2, 0) is 0 Å². The Balaban J connectivity index is 1.99. The third-order valence-electron chi connectivity index (χ3n) is 5.93. The highest BCUT2D eigenvalue weighted by Crippen LogP contribution is 2.71. The third-order valence-corrected chi connectivity index (χ3v) is 5.93. The van der Waals surface area contributed by atoms with Gasteiger partial charge in [0.25, 0.3) is 0 Å².